The average Bonchev–Trinajstić information content (AvgIpc) is 2.47. The highest BCUT2D eigenvalue weighted by Crippen LogP contribution is 2.24. The van der Waals surface area contributed by atoms with Crippen molar-refractivity contribution in [1.29, 1.82) is 0 Å². The largest absolute Gasteiger partial charge is 0.453 e. The van der Waals surface area contributed by atoms with E-state index in [1.807, 2.05) is 0 Å². The number of ether oxygens (including phenoxy) is 1. The molecule has 2 aromatic rings. The summed E-state index contributed by atoms with van der Waals surface area (Å²) >= 11 is 0. The number of nitrogens with two attached hydrogens (primary N) is 1. The summed E-state index contributed by atoms with van der Waals surface area (Å²) in [6.07, 6.45) is 3.10. The molecule has 0 aliphatic heterocycles. The second-order valence-corrected chi connectivity index (χ2v) is 5.46. The van der Waals surface area contributed by atoms with E-state index in [2.05, 4.69) is 10.3 Å². The molecule has 1 aromatic heterocycles. The maximum absolute atomic E-state index is 14.0. The number of amides is 1. The molecule has 0 aliphatic rings. The zero-order chi connectivity index (χ0) is 16.2. The summed E-state index contributed by atoms with van der Waals surface area (Å²) in [5.41, 5.74) is 5.32. The van der Waals surface area contributed by atoms with Gasteiger partial charge in [-0.1, -0.05) is 6.07 Å². The normalized spacial score (nSPS) is 11.1. The second-order valence-electron chi connectivity index (χ2n) is 5.46. The number of rotatable bonds is 5. The van der Waals surface area contributed by atoms with Crippen LogP contribution in [0.2, 0.25) is 0 Å². The molecule has 0 atom stereocenters. The number of nitrogens with one attached hydrogen (secondary N) is 1. The number of aromatic nitrogens is 1. The predicted octanol–water partition coefficient (Wildman–Crippen LogP) is 2.37. The van der Waals surface area contributed by atoms with Gasteiger partial charge < -0.3 is 15.8 Å². The molecule has 1 aromatic carbocycles. The van der Waals surface area contributed by atoms with Crippen molar-refractivity contribution in [2.45, 2.75) is 25.9 Å². The topological polar surface area (TPSA) is 77.2 Å². The van der Waals surface area contributed by atoms with Gasteiger partial charge in [0.1, 0.15) is 5.75 Å². The summed E-state index contributed by atoms with van der Waals surface area (Å²) < 4.78 is 19.4. The molecular formula is C16H18FN3O2. The van der Waals surface area contributed by atoms with Crippen LogP contribution in [0.4, 0.5) is 4.39 Å². The van der Waals surface area contributed by atoms with Gasteiger partial charge in [-0.3, -0.25) is 9.78 Å². The van der Waals surface area contributed by atoms with Gasteiger partial charge in [-0.15, -0.1) is 0 Å². The van der Waals surface area contributed by atoms with E-state index in [1.54, 1.807) is 38.2 Å². The number of pyridine rings is 1. The van der Waals surface area contributed by atoms with Crippen LogP contribution in [0.15, 0.2) is 42.7 Å². The van der Waals surface area contributed by atoms with E-state index < -0.39 is 11.4 Å². The lowest BCUT2D eigenvalue weighted by Crippen LogP contribution is -2.48. The summed E-state index contributed by atoms with van der Waals surface area (Å²) in [6.45, 7) is 3.41. The monoisotopic (exact) mass is 303 g/mol. The van der Waals surface area contributed by atoms with Gasteiger partial charge >= 0.3 is 0 Å². The van der Waals surface area contributed by atoms with Crippen molar-refractivity contribution in [2.24, 2.45) is 5.73 Å². The molecule has 1 heterocycles. The summed E-state index contributed by atoms with van der Waals surface area (Å²) in [7, 11) is 0. The van der Waals surface area contributed by atoms with Crippen LogP contribution >= 0.6 is 0 Å². The molecule has 0 aliphatic carbocycles. The number of carbonyl (C=O) groups is 1. The fraction of sp³-hybridized carbons (Fsp3) is 0.250. The van der Waals surface area contributed by atoms with Gasteiger partial charge in [0.25, 0.3) is 0 Å². The highest BCUT2D eigenvalue weighted by Gasteiger charge is 2.21. The lowest BCUT2D eigenvalue weighted by atomic mass is 10.1. The number of halogens is 1. The third-order valence-electron chi connectivity index (χ3n) is 2.90. The molecule has 0 fully saturated rings. The number of carbonyl (C=O) groups excluding carboxylic acids is 1. The van der Waals surface area contributed by atoms with E-state index in [-0.39, 0.29) is 18.2 Å². The van der Waals surface area contributed by atoms with Crippen LogP contribution in [0.3, 0.4) is 0 Å². The number of hydrogen-bond acceptors (Lipinski definition) is 4. The Morgan fingerprint density at radius 2 is 2.18 bits per heavy atom. The smallest absolute Gasteiger partial charge is 0.239 e. The van der Waals surface area contributed by atoms with Crippen molar-refractivity contribution in [3.63, 3.8) is 0 Å². The number of hydrogen-bond donors (Lipinski definition) is 2. The molecule has 0 spiro atoms. The molecule has 3 N–H and O–H groups in total. The Bertz CT molecular complexity index is 654. The van der Waals surface area contributed by atoms with Crippen LogP contribution in [-0.4, -0.2) is 16.4 Å². The molecule has 1 amide bonds. The Balaban J connectivity index is 2.02. The highest BCUT2D eigenvalue weighted by atomic mass is 19.1. The molecule has 0 saturated heterocycles. The zero-order valence-electron chi connectivity index (χ0n) is 12.5. The van der Waals surface area contributed by atoms with Crippen LogP contribution in [0.25, 0.3) is 0 Å². The van der Waals surface area contributed by atoms with Crippen LogP contribution in [-0.2, 0) is 11.3 Å². The first kappa shape index (κ1) is 15.9. The van der Waals surface area contributed by atoms with Crippen LogP contribution in [0, 0.1) is 5.82 Å². The molecule has 5 nitrogen and oxygen atoms in total. The quantitative estimate of drug-likeness (QED) is 0.889. The molecule has 0 bridgehead atoms. The first-order chi connectivity index (χ1) is 10.4. The SMILES string of the molecule is CC(C)(N)C(=O)NCc1ccc(Oc2cccnc2)c(F)c1. The molecule has 0 unspecified atom stereocenters. The van der Waals surface area contributed by atoms with Crippen molar-refractivity contribution in [2.75, 3.05) is 0 Å². The molecular weight excluding hydrogens is 285 g/mol. The number of benzene rings is 1. The summed E-state index contributed by atoms with van der Waals surface area (Å²) in [5.74, 6) is -0.263. The van der Waals surface area contributed by atoms with Crippen LogP contribution < -0.4 is 15.8 Å². The molecule has 2 rings (SSSR count). The summed E-state index contributed by atoms with van der Waals surface area (Å²) in [4.78, 5) is 15.6. The molecule has 6 heteroatoms. The van der Waals surface area contributed by atoms with E-state index >= 15 is 0 Å². The van der Waals surface area contributed by atoms with Crippen molar-refractivity contribution in [1.82, 2.24) is 10.3 Å². The minimum absolute atomic E-state index is 0.0993. The van der Waals surface area contributed by atoms with Gasteiger partial charge in [-0.25, -0.2) is 4.39 Å². The molecule has 116 valence electrons. The first-order valence-electron chi connectivity index (χ1n) is 6.80. The van der Waals surface area contributed by atoms with Gasteiger partial charge in [0.2, 0.25) is 5.91 Å². The van der Waals surface area contributed by atoms with E-state index in [0.29, 0.717) is 11.3 Å². The predicted molar refractivity (Wildman–Crippen MR) is 80.8 cm³/mol. The van der Waals surface area contributed by atoms with E-state index in [1.165, 1.54) is 18.3 Å². The van der Waals surface area contributed by atoms with E-state index in [4.69, 9.17) is 10.5 Å². The first-order valence-corrected chi connectivity index (χ1v) is 6.80. The Kier molecular flexibility index (Phi) is 4.72. The summed E-state index contributed by atoms with van der Waals surface area (Å²) in [6, 6.07) is 7.89. The van der Waals surface area contributed by atoms with Gasteiger partial charge in [0.05, 0.1) is 11.7 Å². The van der Waals surface area contributed by atoms with Crippen LogP contribution in [0.1, 0.15) is 19.4 Å². The average molecular weight is 303 g/mol. The second kappa shape index (κ2) is 6.53. The lowest BCUT2D eigenvalue weighted by Gasteiger charge is -2.17. The van der Waals surface area contributed by atoms with Crippen molar-refractivity contribution in [3.8, 4) is 11.5 Å². The molecule has 22 heavy (non-hydrogen) atoms. The fourth-order valence-corrected chi connectivity index (χ4v) is 1.68. The van der Waals surface area contributed by atoms with Crippen molar-refractivity contribution >= 4 is 5.91 Å². The minimum Gasteiger partial charge on any atom is -0.453 e. The fourth-order valence-electron chi connectivity index (χ4n) is 1.68. The Morgan fingerprint density at radius 1 is 1.41 bits per heavy atom. The van der Waals surface area contributed by atoms with Gasteiger partial charge in [0.15, 0.2) is 11.6 Å². The minimum atomic E-state index is -0.970. The maximum Gasteiger partial charge on any atom is 0.239 e. The van der Waals surface area contributed by atoms with E-state index in [9.17, 15) is 9.18 Å². The molecule has 0 saturated carbocycles. The number of nitrogens with zero attached hydrogens (tertiary/aromatic N) is 1. The Hall–Kier alpha value is -2.47. The summed E-state index contributed by atoms with van der Waals surface area (Å²) in [5, 5.41) is 2.65. The van der Waals surface area contributed by atoms with Crippen molar-refractivity contribution < 1.29 is 13.9 Å². The standard InChI is InChI=1S/C16H18FN3O2/c1-16(2,18)15(21)20-9-11-5-6-14(13(17)8-11)22-12-4-3-7-19-10-12/h3-8,10H,9,18H2,1-2H3,(H,20,21). The van der Waals surface area contributed by atoms with E-state index in [0.717, 1.165) is 0 Å². The highest BCUT2D eigenvalue weighted by molar-refractivity contribution is 5.84. The zero-order valence-corrected chi connectivity index (χ0v) is 12.5. The van der Waals surface area contributed by atoms with Gasteiger partial charge in [-0.05, 0) is 43.7 Å². The van der Waals surface area contributed by atoms with Crippen molar-refractivity contribution in [3.05, 3.63) is 54.1 Å². The third-order valence-corrected chi connectivity index (χ3v) is 2.90. The Morgan fingerprint density at radius 3 is 2.77 bits per heavy atom. The Labute approximate surface area is 128 Å². The van der Waals surface area contributed by atoms with Gasteiger partial charge in [-0.2, -0.15) is 0 Å². The third kappa shape index (κ3) is 4.26. The van der Waals surface area contributed by atoms with Gasteiger partial charge in [0, 0.05) is 12.7 Å². The molecule has 0 radical (unpaired) electrons. The lowest BCUT2D eigenvalue weighted by molar-refractivity contribution is -0.125. The van der Waals surface area contributed by atoms with Crippen LogP contribution in [0.5, 0.6) is 11.5 Å². The maximum atomic E-state index is 14.0.